The van der Waals surface area contributed by atoms with E-state index in [4.69, 9.17) is 0 Å². The molecule has 3 aromatic rings. The number of benzene rings is 3. The molecule has 1 aliphatic rings. The monoisotopic (exact) mass is 491 g/mol. The summed E-state index contributed by atoms with van der Waals surface area (Å²) < 4.78 is 80.9. The van der Waals surface area contributed by atoms with Gasteiger partial charge >= 0.3 is 0 Å². The molecule has 7 nitrogen and oxygen atoms in total. The van der Waals surface area contributed by atoms with Crippen molar-refractivity contribution in [3.05, 3.63) is 95.6 Å². The molecule has 11 heteroatoms. The van der Waals surface area contributed by atoms with Gasteiger partial charge in [0.2, 0.25) is 10.0 Å². The van der Waals surface area contributed by atoms with Gasteiger partial charge in [-0.1, -0.05) is 36.4 Å². The van der Waals surface area contributed by atoms with Gasteiger partial charge in [0, 0.05) is 12.0 Å². The largest absolute Gasteiger partial charge is 0.283 e. The fraction of sp³-hybridized carbons (Fsp3) is 0.136. The van der Waals surface area contributed by atoms with Gasteiger partial charge in [0.25, 0.3) is 10.0 Å². The Balaban J connectivity index is 1.84. The van der Waals surface area contributed by atoms with Crippen molar-refractivity contribution in [1.29, 1.82) is 0 Å². The highest BCUT2D eigenvalue weighted by Gasteiger charge is 2.38. The Bertz CT molecular complexity index is 1440. The van der Waals surface area contributed by atoms with E-state index in [2.05, 4.69) is 9.82 Å². The number of nitrogens with zero attached hydrogens (tertiary/aromatic N) is 2. The first kappa shape index (κ1) is 22.9. The molecule has 0 aliphatic carbocycles. The summed E-state index contributed by atoms with van der Waals surface area (Å²) in [7, 11) is -7.89. The summed E-state index contributed by atoms with van der Waals surface area (Å²) in [6, 6.07) is 15.5. The molecular weight excluding hydrogens is 472 g/mol. The molecule has 172 valence electrons. The molecule has 3 aromatic carbocycles. The van der Waals surface area contributed by atoms with E-state index in [0.29, 0.717) is 16.8 Å². The Kier molecular flexibility index (Phi) is 5.93. The van der Waals surface area contributed by atoms with Crippen LogP contribution in [0.5, 0.6) is 0 Å². The molecule has 0 radical (unpaired) electrons. The van der Waals surface area contributed by atoms with Gasteiger partial charge in [0.05, 0.1) is 28.6 Å². The van der Waals surface area contributed by atoms with Crippen LogP contribution in [-0.2, 0) is 20.0 Å². The number of hydrogen-bond donors (Lipinski definition) is 1. The molecule has 1 N–H and O–H groups in total. The topological polar surface area (TPSA) is 95.9 Å². The minimum Gasteiger partial charge on any atom is -0.283 e. The van der Waals surface area contributed by atoms with Gasteiger partial charge < -0.3 is 0 Å². The molecule has 33 heavy (non-hydrogen) atoms. The summed E-state index contributed by atoms with van der Waals surface area (Å²) in [5, 5.41) is 4.32. The van der Waals surface area contributed by atoms with E-state index in [1.165, 1.54) is 42.5 Å². The van der Waals surface area contributed by atoms with Gasteiger partial charge in [-0.3, -0.25) is 4.72 Å². The predicted molar refractivity (Wildman–Crippen MR) is 121 cm³/mol. The SMILES string of the molecule is CS(=O)(=O)Nc1ccccc1C1=NN(S(=O)(=O)c2cccc(F)c2)[C@H](c2ccc(F)cc2)C1. The molecule has 0 saturated carbocycles. The molecule has 4 rings (SSSR count). The van der Waals surface area contributed by atoms with E-state index in [1.54, 1.807) is 18.2 Å². The quantitative estimate of drug-likeness (QED) is 0.566. The molecule has 0 saturated heterocycles. The van der Waals surface area contributed by atoms with Crippen LogP contribution in [0.25, 0.3) is 0 Å². The Morgan fingerprint density at radius 2 is 1.61 bits per heavy atom. The van der Waals surface area contributed by atoms with Gasteiger partial charge in [-0.25, -0.2) is 17.2 Å². The third-order valence-corrected chi connectivity index (χ3v) is 7.27. The number of rotatable bonds is 6. The van der Waals surface area contributed by atoms with Crippen molar-refractivity contribution in [3.8, 4) is 0 Å². The molecule has 1 heterocycles. The van der Waals surface area contributed by atoms with Crippen LogP contribution in [0.1, 0.15) is 23.6 Å². The number of hydrazone groups is 1. The Morgan fingerprint density at radius 3 is 2.27 bits per heavy atom. The molecule has 0 aromatic heterocycles. The lowest BCUT2D eigenvalue weighted by Gasteiger charge is -2.23. The first-order valence-electron chi connectivity index (χ1n) is 9.75. The maximum Gasteiger partial charge on any atom is 0.279 e. The average Bonchev–Trinajstić information content (AvgIpc) is 3.20. The zero-order chi connectivity index (χ0) is 23.8. The first-order chi connectivity index (χ1) is 15.5. The number of anilines is 1. The maximum atomic E-state index is 13.8. The second-order valence-corrected chi connectivity index (χ2v) is 11.0. The average molecular weight is 492 g/mol. The highest BCUT2D eigenvalue weighted by atomic mass is 32.2. The van der Waals surface area contributed by atoms with Crippen LogP contribution < -0.4 is 4.72 Å². The van der Waals surface area contributed by atoms with Crippen molar-refractivity contribution >= 4 is 31.4 Å². The summed E-state index contributed by atoms with van der Waals surface area (Å²) in [6.07, 6.45) is 1.09. The van der Waals surface area contributed by atoms with Crippen molar-refractivity contribution in [2.45, 2.75) is 17.4 Å². The van der Waals surface area contributed by atoms with E-state index < -0.39 is 37.7 Å². The van der Waals surface area contributed by atoms with Gasteiger partial charge in [0.15, 0.2) is 0 Å². The summed E-state index contributed by atoms with van der Waals surface area (Å²) in [5.74, 6) is -1.21. The van der Waals surface area contributed by atoms with Gasteiger partial charge in [-0.05, 0) is 42.0 Å². The van der Waals surface area contributed by atoms with Crippen LogP contribution in [0.2, 0.25) is 0 Å². The van der Waals surface area contributed by atoms with E-state index in [-0.39, 0.29) is 17.0 Å². The molecule has 0 amide bonds. The van der Waals surface area contributed by atoms with E-state index in [1.807, 2.05) is 0 Å². The fourth-order valence-electron chi connectivity index (χ4n) is 3.57. The Morgan fingerprint density at radius 1 is 0.909 bits per heavy atom. The Hall–Kier alpha value is -3.31. The zero-order valence-electron chi connectivity index (χ0n) is 17.3. The van der Waals surface area contributed by atoms with Crippen molar-refractivity contribution in [1.82, 2.24) is 4.41 Å². The van der Waals surface area contributed by atoms with E-state index in [9.17, 15) is 25.6 Å². The summed E-state index contributed by atoms with van der Waals surface area (Å²) in [5.41, 5.74) is 1.41. The van der Waals surface area contributed by atoms with Gasteiger partial charge in [-0.15, -0.1) is 0 Å². The normalized spacial score (nSPS) is 16.5. The van der Waals surface area contributed by atoms with Crippen LogP contribution in [0.4, 0.5) is 14.5 Å². The highest BCUT2D eigenvalue weighted by molar-refractivity contribution is 7.92. The molecule has 1 atom stereocenters. The predicted octanol–water partition coefficient (Wildman–Crippen LogP) is 3.88. The Labute approximate surface area is 190 Å². The van der Waals surface area contributed by atoms with Gasteiger partial charge in [0.1, 0.15) is 11.6 Å². The lowest BCUT2D eigenvalue weighted by Crippen LogP contribution is -2.27. The fourth-order valence-corrected chi connectivity index (χ4v) is 5.61. The first-order valence-corrected chi connectivity index (χ1v) is 13.1. The molecular formula is C22H19F2N3O4S2. The summed E-state index contributed by atoms with van der Waals surface area (Å²) >= 11 is 0. The second-order valence-electron chi connectivity index (χ2n) is 7.47. The number of para-hydroxylation sites is 1. The lowest BCUT2D eigenvalue weighted by atomic mass is 9.98. The molecule has 0 spiro atoms. The van der Waals surface area contributed by atoms with Crippen LogP contribution in [0.3, 0.4) is 0 Å². The number of nitrogens with one attached hydrogen (secondary N) is 1. The van der Waals surface area contributed by atoms with E-state index in [0.717, 1.165) is 22.8 Å². The van der Waals surface area contributed by atoms with E-state index >= 15 is 0 Å². The van der Waals surface area contributed by atoms with Crippen molar-refractivity contribution in [2.75, 3.05) is 11.0 Å². The third kappa shape index (κ3) is 4.88. The van der Waals surface area contributed by atoms with Crippen molar-refractivity contribution in [3.63, 3.8) is 0 Å². The maximum absolute atomic E-state index is 13.8. The minimum atomic E-state index is -4.28. The number of sulfonamides is 2. The second kappa shape index (κ2) is 8.56. The molecule has 0 bridgehead atoms. The summed E-state index contributed by atoms with van der Waals surface area (Å²) in [6.45, 7) is 0. The van der Waals surface area contributed by atoms with Gasteiger partial charge in [-0.2, -0.15) is 17.9 Å². The smallest absolute Gasteiger partial charge is 0.279 e. The standard InChI is InChI=1S/C22H19F2N3O4S2/c1-32(28,29)26-20-8-3-2-7-19(20)21-14-22(15-9-11-16(23)12-10-15)27(25-21)33(30,31)18-6-4-5-17(24)13-18/h2-13,22,26H,14H2,1H3/t22-/m0/s1. The zero-order valence-corrected chi connectivity index (χ0v) is 18.9. The van der Waals surface area contributed by atoms with Crippen molar-refractivity contribution < 1.29 is 25.6 Å². The molecule has 0 unspecified atom stereocenters. The molecule has 1 aliphatic heterocycles. The minimum absolute atomic E-state index is 0.0859. The highest BCUT2D eigenvalue weighted by Crippen LogP contribution is 2.38. The van der Waals surface area contributed by atoms with Crippen LogP contribution in [0, 0.1) is 11.6 Å². The summed E-state index contributed by atoms with van der Waals surface area (Å²) in [4.78, 5) is -0.290. The van der Waals surface area contributed by atoms with Crippen LogP contribution in [-0.4, -0.2) is 33.2 Å². The third-order valence-electron chi connectivity index (χ3n) is 5.00. The van der Waals surface area contributed by atoms with Crippen LogP contribution >= 0.6 is 0 Å². The van der Waals surface area contributed by atoms with Crippen molar-refractivity contribution in [2.24, 2.45) is 5.10 Å². The van der Waals surface area contributed by atoms with Crippen LogP contribution in [0.15, 0.2) is 82.8 Å². The molecule has 0 fully saturated rings. The lowest BCUT2D eigenvalue weighted by molar-refractivity contribution is 0.371. The number of halogens is 2. The number of hydrogen-bond acceptors (Lipinski definition) is 5.